The van der Waals surface area contributed by atoms with E-state index in [1.54, 1.807) is 32.2 Å². The first-order valence-corrected chi connectivity index (χ1v) is 10.8. The predicted molar refractivity (Wildman–Crippen MR) is 123 cm³/mol. The standard InChI is InChI=1S/C23H28Cl2N2O4/c1-5-15(2)26-23(29)16(3)27(13-17-7-6-8-19(11-17)30-4)22(28)14-31-21-10-9-18(24)12-20(21)25/h6-12,15-16H,5,13-14H2,1-4H3,(H,26,29)/t15-,16+/m1/s1. The van der Waals surface area contributed by atoms with Crippen LogP contribution in [0, 0.1) is 0 Å². The van der Waals surface area contributed by atoms with Crippen molar-refractivity contribution in [3.8, 4) is 11.5 Å². The average Bonchev–Trinajstić information content (AvgIpc) is 2.76. The topological polar surface area (TPSA) is 67.9 Å². The van der Waals surface area contributed by atoms with E-state index in [2.05, 4.69) is 5.32 Å². The summed E-state index contributed by atoms with van der Waals surface area (Å²) in [4.78, 5) is 27.3. The van der Waals surface area contributed by atoms with Crippen LogP contribution in [0.3, 0.4) is 0 Å². The van der Waals surface area contributed by atoms with Crippen LogP contribution in [0.4, 0.5) is 0 Å². The van der Waals surface area contributed by atoms with Crippen molar-refractivity contribution < 1.29 is 19.1 Å². The Morgan fingerprint density at radius 2 is 1.87 bits per heavy atom. The monoisotopic (exact) mass is 466 g/mol. The van der Waals surface area contributed by atoms with Gasteiger partial charge in [-0.2, -0.15) is 0 Å². The summed E-state index contributed by atoms with van der Waals surface area (Å²) in [5.41, 5.74) is 0.834. The summed E-state index contributed by atoms with van der Waals surface area (Å²) in [6.45, 7) is 5.56. The lowest BCUT2D eigenvalue weighted by molar-refractivity contribution is -0.142. The highest BCUT2D eigenvalue weighted by molar-refractivity contribution is 6.35. The fourth-order valence-corrected chi connectivity index (χ4v) is 3.29. The Hall–Kier alpha value is -2.44. The molecular weight excluding hydrogens is 439 g/mol. The Balaban J connectivity index is 2.20. The number of nitrogens with zero attached hydrogens (tertiary/aromatic N) is 1. The van der Waals surface area contributed by atoms with Gasteiger partial charge in [-0.15, -0.1) is 0 Å². The van der Waals surface area contributed by atoms with Gasteiger partial charge < -0.3 is 19.7 Å². The molecule has 0 aliphatic heterocycles. The second-order valence-corrected chi connectivity index (χ2v) is 8.07. The van der Waals surface area contributed by atoms with Crippen LogP contribution in [-0.4, -0.2) is 42.5 Å². The van der Waals surface area contributed by atoms with Crippen molar-refractivity contribution in [1.82, 2.24) is 10.2 Å². The Bertz CT molecular complexity index is 907. The third kappa shape index (κ3) is 7.33. The highest BCUT2D eigenvalue weighted by Gasteiger charge is 2.27. The third-order valence-corrected chi connectivity index (χ3v) is 5.43. The molecule has 0 radical (unpaired) electrons. The summed E-state index contributed by atoms with van der Waals surface area (Å²) in [7, 11) is 1.58. The van der Waals surface area contributed by atoms with Gasteiger partial charge in [0, 0.05) is 17.6 Å². The van der Waals surface area contributed by atoms with E-state index in [1.807, 2.05) is 38.1 Å². The van der Waals surface area contributed by atoms with Gasteiger partial charge in [-0.3, -0.25) is 9.59 Å². The molecule has 0 unspecified atom stereocenters. The van der Waals surface area contributed by atoms with Crippen molar-refractivity contribution in [1.29, 1.82) is 0 Å². The number of amides is 2. The lowest BCUT2D eigenvalue weighted by Gasteiger charge is -2.29. The van der Waals surface area contributed by atoms with Crippen LogP contribution < -0.4 is 14.8 Å². The number of carbonyl (C=O) groups excluding carboxylic acids is 2. The largest absolute Gasteiger partial charge is 0.497 e. The normalized spacial score (nSPS) is 12.6. The van der Waals surface area contributed by atoms with Crippen molar-refractivity contribution in [2.24, 2.45) is 0 Å². The molecule has 2 aromatic carbocycles. The number of nitrogens with one attached hydrogen (secondary N) is 1. The molecule has 2 aromatic rings. The SMILES string of the molecule is CC[C@@H](C)NC(=O)[C@H](C)N(Cc1cccc(OC)c1)C(=O)COc1ccc(Cl)cc1Cl. The van der Waals surface area contributed by atoms with Crippen molar-refractivity contribution in [3.05, 3.63) is 58.1 Å². The number of ether oxygens (including phenoxy) is 2. The predicted octanol–water partition coefficient (Wildman–Crippen LogP) is 4.71. The van der Waals surface area contributed by atoms with Gasteiger partial charge >= 0.3 is 0 Å². The first kappa shape index (κ1) is 24.8. The van der Waals surface area contributed by atoms with Gasteiger partial charge in [0.1, 0.15) is 17.5 Å². The van der Waals surface area contributed by atoms with Crippen LogP contribution in [0.2, 0.25) is 10.0 Å². The van der Waals surface area contributed by atoms with Crippen molar-refractivity contribution in [3.63, 3.8) is 0 Å². The second kappa shape index (κ2) is 11.8. The summed E-state index contributed by atoms with van der Waals surface area (Å²) in [6.07, 6.45) is 0.792. The van der Waals surface area contributed by atoms with Crippen LogP contribution in [0.5, 0.6) is 11.5 Å². The van der Waals surface area contributed by atoms with Gasteiger partial charge in [0.05, 0.1) is 12.1 Å². The molecule has 0 bridgehead atoms. The van der Waals surface area contributed by atoms with Crippen molar-refractivity contribution >= 4 is 35.0 Å². The Morgan fingerprint density at radius 3 is 2.52 bits per heavy atom. The van der Waals surface area contributed by atoms with Crippen LogP contribution in [-0.2, 0) is 16.1 Å². The van der Waals surface area contributed by atoms with Crippen molar-refractivity contribution in [2.75, 3.05) is 13.7 Å². The molecule has 2 amide bonds. The molecule has 1 N–H and O–H groups in total. The molecular formula is C23H28Cl2N2O4. The van der Waals surface area contributed by atoms with Gasteiger partial charge in [0.2, 0.25) is 5.91 Å². The van der Waals surface area contributed by atoms with Crippen LogP contribution >= 0.6 is 23.2 Å². The highest BCUT2D eigenvalue weighted by Crippen LogP contribution is 2.27. The Labute approximate surface area is 193 Å². The second-order valence-electron chi connectivity index (χ2n) is 7.23. The molecule has 0 aliphatic rings. The zero-order valence-electron chi connectivity index (χ0n) is 18.2. The molecule has 2 rings (SSSR count). The average molecular weight is 467 g/mol. The molecule has 0 fully saturated rings. The fraction of sp³-hybridized carbons (Fsp3) is 0.391. The van der Waals surface area contributed by atoms with Gasteiger partial charge in [-0.25, -0.2) is 0 Å². The number of hydrogen-bond donors (Lipinski definition) is 1. The molecule has 6 nitrogen and oxygen atoms in total. The molecule has 168 valence electrons. The smallest absolute Gasteiger partial charge is 0.261 e. The fourth-order valence-electron chi connectivity index (χ4n) is 2.83. The van der Waals surface area contributed by atoms with E-state index in [9.17, 15) is 9.59 Å². The van der Waals surface area contributed by atoms with Gasteiger partial charge in [0.25, 0.3) is 5.91 Å². The number of methoxy groups -OCH3 is 1. The number of hydrogen-bond acceptors (Lipinski definition) is 4. The maximum absolute atomic E-state index is 13.1. The third-order valence-electron chi connectivity index (χ3n) is 4.90. The molecule has 0 heterocycles. The number of halogens is 2. The zero-order chi connectivity index (χ0) is 23.0. The van der Waals surface area contributed by atoms with E-state index in [0.29, 0.717) is 21.5 Å². The summed E-state index contributed by atoms with van der Waals surface area (Å²) in [5, 5.41) is 3.71. The van der Waals surface area contributed by atoms with Crippen LogP contribution in [0.25, 0.3) is 0 Å². The quantitative estimate of drug-likeness (QED) is 0.550. The molecule has 0 spiro atoms. The molecule has 0 saturated heterocycles. The molecule has 0 aliphatic carbocycles. The lowest BCUT2D eigenvalue weighted by atomic mass is 10.1. The first-order chi connectivity index (χ1) is 14.7. The van der Waals surface area contributed by atoms with Gasteiger partial charge in [0.15, 0.2) is 6.61 Å². The van der Waals surface area contributed by atoms with Crippen molar-refractivity contribution in [2.45, 2.75) is 45.8 Å². The van der Waals surface area contributed by atoms with E-state index in [1.165, 1.54) is 4.90 Å². The molecule has 31 heavy (non-hydrogen) atoms. The summed E-state index contributed by atoms with van der Waals surface area (Å²) in [6, 6.07) is 11.4. The minimum Gasteiger partial charge on any atom is -0.497 e. The van der Waals surface area contributed by atoms with E-state index >= 15 is 0 Å². The molecule has 0 aromatic heterocycles. The maximum atomic E-state index is 13.1. The van der Waals surface area contributed by atoms with Crippen LogP contribution in [0.1, 0.15) is 32.8 Å². The number of carbonyl (C=O) groups is 2. The van der Waals surface area contributed by atoms with E-state index in [4.69, 9.17) is 32.7 Å². The first-order valence-electron chi connectivity index (χ1n) is 10.1. The lowest BCUT2D eigenvalue weighted by Crippen LogP contribution is -2.50. The van der Waals surface area contributed by atoms with Gasteiger partial charge in [-0.05, 0) is 56.2 Å². The molecule has 8 heteroatoms. The summed E-state index contributed by atoms with van der Waals surface area (Å²) < 4.78 is 10.9. The molecule has 0 saturated carbocycles. The Kier molecular flexibility index (Phi) is 9.46. The Morgan fingerprint density at radius 1 is 1.13 bits per heavy atom. The number of benzene rings is 2. The van der Waals surface area contributed by atoms with E-state index in [0.717, 1.165) is 12.0 Å². The zero-order valence-corrected chi connectivity index (χ0v) is 19.7. The minimum absolute atomic E-state index is 0.00726. The van der Waals surface area contributed by atoms with Crippen LogP contribution in [0.15, 0.2) is 42.5 Å². The van der Waals surface area contributed by atoms with Gasteiger partial charge in [-0.1, -0.05) is 42.3 Å². The maximum Gasteiger partial charge on any atom is 0.261 e. The minimum atomic E-state index is -0.697. The molecule has 2 atom stereocenters. The van der Waals surface area contributed by atoms with E-state index < -0.39 is 6.04 Å². The summed E-state index contributed by atoms with van der Waals surface area (Å²) >= 11 is 12.0. The summed E-state index contributed by atoms with van der Waals surface area (Å²) in [5.74, 6) is 0.444. The highest BCUT2D eigenvalue weighted by atomic mass is 35.5. The van der Waals surface area contributed by atoms with E-state index in [-0.39, 0.29) is 31.0 Å². The number of rotatable bonds is 10.